The SMILES string of the molecule is CCOc1cc(C(=O)Nc2cc(C)nn2-c2nc3c(C)cc(C)cc3s2)cc(OCC)c1OCC. The van der Waals surface area contributed by atoms with E-state index in [9.17, 15) is 4.79 Å². The molecule has 35 heavy (non-hydrogen) atoms. The summed E-state index contributed by atoms with van der Waals surface area (Å²) in [5.74, 6) is 1.64. The average Bonchev–Trinajstić information content (AvgIpc) is 3.39. The van der Waals surface area contributed by atoms with Crippen LogP contribution in [-0.2, 0) is 0 Å². The molecule has 0 unspecified atom stereocenters. The van der Waals surface area contributed by atoms with Gasteiger partial charge in [0, 0.05) is 11.6 Å². The molecule has 2 heterocycles. The van der Waals surface area contributed by atoms with Crippen molar-refractivity contribution in [2.45, 2.75) is 41.5 Å². The van der Waals surface area contributed by atoms with E-state index < -0.39 is 0 Å². The molecule has 0 spiro atoms. The second-order valence-electron chi connectivity index (χ2n) is 8.06. The molecule has 2 aromatic heterocycles. The number of nitrogens with one attached hydrogen (secondary N) is 1. The quantitative estimate of drug-likeness (QED) is 0.314. The monoisotopic (exact) mass is 494 g/mol. The van der Waals surface area contributed by atoms with Crippen LogP contribution >= 0.6 is 11.3 Å². The number of amides is 1. The molecule has 2 aromatic carbocycles. The molecule has 0 saturated heterocycles. The molecule has 0 radical (unpaired) electrons. The zero-order chi connectivity index (χ0) is 25.1. The van der Waals surface area contributed by atoms with Crippen molar-refractivity contribution in [1.82, 2.24) is 14.8 Å². The summed E-state index contributed by atoms with van der Waals surface area (Å²) in [6.07, 6.45) is 0. The van der Waals surface area contributed by atoms with Crippen LogP contribution in [0.25, 0.3) is 15.3 Å². The van der Waals surface area contributed by atoms with Crippen molar-refractivity contribution in [1.29, 1.82) is 0 Å². The molecule has 0 atom stereocenters. The van der Waals surface area contributed by atoms with Crippen molar-refractivity contribution >= 4 is 33.3 Å². The first kappa shape index (κ1) is 24.5. The van der Waals surface area contributed by atoms with Gasteiger partial charge in [0.1, 0.15) is 5.82 Å². The smallest absolute Gasteiger partial charge is 0.257 e. The minimum absolute atomic E-state index is 0.316. The fraction of sp³-hybridized carbons (Fsp3) is 0.346. The Balaban J connectivity index is 1.71. The van der Waals surface area contributed by atoms with Crippen LogP contribution in [0.5, 0.6) is 17.2 Å². The van der Waals surface area contributed by atoms with Crippen LogP contribution in [0.2, 0.25) is 0 Å². The zero-order valence-corrected chi connectivity index (χ0v) is 21.7. The van der Waals surface area contributed by atoms with Gasteiger partial charge in [-0.3, -0.25) is 4.79 Å². The molecule has 0 aliphatic carbocycles. The Hall–Kier alpha value is -3.59. The summed E-state index contributed by atoms with van der Waals surface area (Å²) in [5, 5.41) is 8.26. The van der Waals surface area contributed by atoms with Gasteiger partial charge in [-0.15, -0.1) is 0 Å². The van der Waals surface area contributed by atoms with E-state index in [1.165, 1.54) is 16.9 Å². The van der Waals surface area contributed by atoms with Gasteiger partial charge in [-0.25, -0.2) is 4.98 Å². The molecule has 9 heteroatoms. The van der Waals surface area contributed by atoms with E-state index >= 15 is 0 Å². The number of benzene rings is 2. The number of ether oxygens (including phenoxy) is 3. The molecular formula is C26H30N4O4S. The number of carbonyl (C=O) groups is 1. The van der Waals surface area contributed by atoms with Crippen molar-refractivity contribution in [3.05, 3.63) is 52.7 Å². The lowest BCUT2D eigenvalue weighted by Crippen LogP contribution is -2.16. The molecule has 4 aromatic rings. The summed E-state index contributed by atoms with van der Waals surface area (Å²) >= 11 is 1.54. The summed E-state index contributed by atoms with van der Waals surface area (Å²) < 4.78 is 20.0. The van der Waals surface area contributed by atoms with Crippen molar-refractivity contribution in [2.24, 2.45) is 0 Å². The number of aromatic nitrogens is 3. The Kier molecular flexibility index (Phi) is 7.25. The predicted octanol–water partition coefficient (Wildman–Crippen LogP) is 5.86. The van der Waals surface area contributed by atoms with Gasteiger partial charge in [-0.1, -0.05) is 17.4 Å². The summed E-state index contributed by atoms with van der Waals surface area (Å²) in [6.45, 7) is 13.0. The van der Waals surface area contributed by atoms with Gasteiger partial charge in [-0.05, 0) is 70.9 Å². The maximum atomic E-state index is 13.3. The maximum Gasteiger partial charge on any atom is 0.257 e. The number of fused-ring (bicyclic) bond motifs is 1. The van der Waals surface area contributed by atoms with Gasteiger partial charge in [0.05, 0.1) is 35.7 Å². The molecule has 8 nitrogen and oxygen atoms in total. The average molecular weight is 495 g/mol. The van der Waals surface area contributed by atoms with Gasteiger partial charge in [0.2, 0.25) is 10.9 Å². The van der Waals surface area contributed by atoms with Crippen LogP contribution in [0.4, 0.5) is 5.82 Å². The lowest BCUT2D eigenvalue weighted by atomic mass is 10.1. The largest absolute Gasteiger partial charge is 0.490 e. The Bertz CT molecular complexity index is 1350. The van der Waals surface area contributed by atoms with E-state index in [1.807, 2.05) is 40.7 Å². The minimum atomic E-state index is -0.316. The number of hydrogen-bond donors (Lipinski definition) is 1. The number of nitrogens with zero attached hydrogens (tertiary/aromatic N) is 3. The Labute approximate surface area is 208 Å². The first-order valence-electron chi connectivity index (χ1n) is 11.7. The molecule has 1 N–H and O–H groups in total. The highest BCUT2D eigenvalue weighted by atomic mass is 32.1. The third-order valence-electron chi connectivity index (χ3n) is 5.24. The number of anilines is 1. The molecule has 1 amide bonds. The highest BCUT2D eigenvalue weighted by Crippen LogP contribution is 2.39. The molecule has 4 rings (SSSR count). The van der Waals surface area contributed by atoms with Crippen molar-refractivity contribution in [3.8, 4) is 22.4 Å². The van der Waals surface area contributed by atoms with Gasteiger partial charge in [0.25, 0.3) is 5.91 Å². The lowest BCUT2D eigenvalue weighted by Gasteiger charge is -2.17. The zero-order valence-electron chi connectivity index (χ0n) is 20.9. The molecule has 184 valence electrons. The van der Waals surface area contributed by atoms with Crippen molar-refractivity contribution in [2.75, 3.05) is 25.1 Å². The fourth-order valence-corrected chi connectivity index (χ4v) is 5.00. The van der Waals surface area contributed by atoms with Crippen molar-refractivity contribution in [3.63, 3.8) is 0 Å². The third kappa shape index (κ3) is 5.09. The van der Waals surface area contributed by atoms with Crippen molar-refractivity contribution < 1.29 is 19.0 Å². The Morgan fingerprint density at radius 1 is 0.943 bits per heavy atom. The molecule has 0 fully saturated rings. The van der Waals surface area contributed by atoms with E-state index in [1.54, 1.807) is 16.8 Å². The van der Waals surface area contributed by atoms with Crippen LogP contribution in [0.15, 0.2) is 30.3 Å². The molecule has 0 aliphatic rings. The Morgan fingerprint density at radius 3 is 2.23 bits per heavy atom. The number of rotatable bonds is 9. The first-order chi connectivity index (χ1) is 16.8. The first-order valence-corrected chi connectivity index (χ1v) is 12.5. The number of hydrogen-bond acceptors (Lipinski definition) is 7. The number of carbonyl (C=O) groups excluding carboxylic acids is 1. The molecular weight excluding hydrogens is 464 g/mol. The second-order valence-corrected chi connectivity index (χ2v) is 9.07. The second kappa shape index (κ2) is 10.4. The number of aryl methyl sites for hydroxylation is 3. The summed E-state index contributed by atoms with van der Waals surface area (Å²) in [7, 11) is 0. The Morgan fingerprint density at radius 2 is 1.60 bits per heavy atom. The van der Waals surface area contributed by atoms with E-state index in [4.69, 9.17) is 19.2 Å². The molecule has 0 bridgehead atoms. The summed E-state index contributed by atoms with van der Waals surface area (Å²) in [5.41, 5.74) is 4.39. The van der Waals surface area contributed by atoms with Crippen LogP contribution in [0.1, 0.15) is 48.0 Å². The van der Waals surface area contributed by atoms with E-state index in [-0.39, 0.29) is 5.91 Å². The molecule has 0 aliphatic heterocycles. The summed E-state index contributed by atoms with van der Waals surface area (Å²) in [4.78, 5) is 18.1. The molecule has 0 saturated carbocycles. The van der Waals surface area contributed by atoms with Crippen LogP contribution < -0.4 is 19.5 Å². The fourth-order valence-electron chi connectivity index (χ4n) is 3.89. The lowest BCUT2D eigenvalue weighted by molar-refractivity contribution is 0.102. The van der Waals surface area contributed by atoms with Crippen LogP contribution in [0, 0.1) is 20.8 Å². The topological polar surface area (TPSA) is 87.5 Å². The van der Waals surface area contributed by atoms with Crippen LogP contribution in [-0.4, -0.2) is 40.5 Å². The van der Waals surface area contributed by atoms with Gasteiger partial charge in [0.15, 0.2) is 11.5 Å². The van der Waals surface area contributed by atoms with Gasteiger partial charge in [-0.2, -0.15) is 9.78 Å². The minimum Gasteiger partial charge on any atom is -0.490 e. The van der Waals surface area contributed by atoms with E-state index in [2.05, 4.69) is 29.5 Å². The predicted molar refractivity (Wildman–Crippen MR) is 139 cm³/mol. The standard InChI is InChI=1S/C26H30N4O4S/c1-7-32-19-13-18(14-20(33-8-2)24(19)34-9-3)25(31)27-22-12-17(6)29-30(22)26-28-23-16(5)10-15(4)11-21(23)35-26/h10-14H,7-9H2,1-6H3,(H,27,31). The maximum absolute atomic E-state index is 13.3. The van der Waals surface area contributed by atoms with Gasteiger partial charge < -0.3 is 19.5 Å². The van der Waals surface area contributed by atoms with Gasteiger partial charge >= 0.3 is 0 Å². The van der Waals surface area contributed by atoms with E-state index in [0.717, 1.165) is 21.5 Å². The highest BCUT2D eigenvalue weighted by Gasteiger charge is 2.21. The highest BCUT2D eigenvalue weighted by molar-refractivity contribution is 7.20. The normalized spacial score (nSPS) is 11.0. The van der Waals surface area contributed by atoms with Crippen LogP contribution in [0.3, 0.4) is 0 Å². The number of thiazole rings is 1. The van der Waals surface area contributed by atoms with E-state index in [0.29, 0.717) is 53.6 Å². The third-order valence-corrected chi connectivity index (χ3v) is 6.22. The summed E-state index contributed by atoms with van der Waals surface area (Å²) in [6, 6.07) is 9.39.